The van der Waals surface area contributed by atoms with Gasteiger partial charge in [-0.15, -0.1) is 0 Å². The number of rotatable bonds is 4. The smallest absolute Gasteiger partial charge is 0.251 e. The van der Waals surface area contributed by atoms with E-state index in [0.29, 0.717) is 5.56 Å². The van der Waals surface area contributed by atoms with Gasteiger partial charge in [0, 0.05) is 24.9 Å². The van der Waals surface area contributed by atoms with Gasteiger partial charge in [-0.05, 0) is 19.1 Å². The van der Waals surface area contributed by atoms with Gasteiger partial charge in [-0.3, -0.25) is 19.3 Å². The fraction of sp³-hybridized carbons (Fsp3) is 0.476. The maximum absolute atomic E-state index is 12.9. The second-order valence-electron chi connectivity index (χ2n) is 9.04. The number of carbonyl (C=O) groups excluding carboxylic acids is 3. The van der Waals surface area contributed by atoms with Crippen molar-refractivity contribution in [3.63, 3.8) is 0 Å². The van der Waals surface area contributed by atoms with Crippen LogP contribution in [0.25, 0.3) is 0 Å². The Balaban J connectivity index is 1.47. The highest BCUT2D eigenvalue weighted by molar-refractivity contribution is 6.02. The van der Waals surface area contributed by atoms with Crippen LogP contribution >= 0.6 is 0 Å². The van der Waals surface area contributed by atoms with Crippen LogP contribution in [0.4, 0.5) is 0 Å². The van der Waals surface area contributed by atoms with Gasteiger partial charge < -0.3 is 37.2 Å². The van der Waals surface area contributed by atoms with Gasteiger partial charge >= 0.3 is 0 Å². The van der Waals surface area contributed by atoms with Crippen LogP contribution in [-0.4, -0.2) is 92.3 Å². The van der Waals surface area contributed by atoms with Crippen molar-refractivity contribution in [2.75, 3.05) is 13.1 Å². The largest absolute Gasteiger partial charge is 0.370 e. The lowest BCUT2D eigenvalue weighted by Crippen LogP contribution is -2.78. The Morgan fingerprint density at radius 2 is 1.94 bits per heavy atom. The van der Waals surface area contributed by atoms with E-state index in [0.717, 1.165) is 10.5 Å². The van der Waals surface area contributed by atoms with Crippen molar-refractivity contribution >= 4 is 29.6 Å². The van der Waals surface area contributed by atoms with Crippen molar-refractivity contribution in [2.24, 2.45) is 21.5 Å². The van der Waals surface area contributed by atoms with Crippen LogP contribution in [0, 0.1) is 6.92 Å². The van der Waals surface area contributed by atoms with E-state index in [1.54, 1.807) is 18.2 Å². The van der Waals surface area contributed by atoms with Gasteiger partial charge in [-0.2, -0.15) is 0 Å². The zero-order valence-corrected chi connectivity index (χ0v) is 18.4. The zero-order chi connectivity index (χ0) is 24.4. The molecule has 8 N–H and O–H groups in total. The van der Waals surface area contributed by atoms with Gasteiger partial charge in [-0.1, -0.05) is 17.7 Å². The first-order valence-electron chi connectivity index (χ1n) is 10.9. The van der Waals surface area contributed by atoms with Crippen LogP contribution in [0.2, 0.25) is 0 Å². The van der Waals surface area contributed by atoms with Crippen LogP contribution < -0.4 is 22.1 Å². The number of aryl methyl sites for hydroxylation is 1. The second kappa shape index (κ2) is 7.40. The number of nitrogens with two attached hydrogens (primary N) is 2. The molecule has 4 aliphatic heterocycles. The van der Waals surface area contributed by atoms with E-state index < -0.39 is 35.5 Å². The lowest BCUT2D eigenvalue weighted by atomic mass is 9.84. The van der Waals surface area contributed by atoms with Crippen molar-refractivity contribution in [3.8, 4) is 0 Å². The van der Waals surface area contributed by atoms with Crippen LogP contribution in [0.5, 0.6) is 0 Å². The summed E-state index contributed by atoms with van der Waals surface area (Å²) in [6.07, 6.45) is 0.209. The molecular formula is C21H26N8O5. The van der Waals surface area contributed by atoms with Crippen molar-refractivity contribution < 1.29 is 24.6 Å². The summed E-state index contributed by atoms with van der Waals surface area (Å²) in [5.74, 6) is -3.92. The predicted octanol–water partition coefficient (Wildman–Crippen LogP) is -3.08. The maximum atomic E-state index is 12.9. The molecule has 0 bridgehead atoms. The Morgan fingerprint density at radius 1 is 1.24 bits per heavy atom. The summed E-state index contributed by atoms with van der Waals surface area (Å²) in [4.78, 5) is 48.5. The van der Waals surface area contributed by atoms with Crippen LogP contribution in [0.15, 0.2) is 34.3 Å². The summed E-state index contributed by atoms with van der Waals surface area (Å²) in [5, 5.41) is 28.4. The Morgan fingerprint density at radius 3 is 2.62 bits per heavy atom. The number of nitrogens with one attached hydrogen (secondary N) is 2. The molecule has 2 unspecified atom stereocenters. The molecule has 2 saturated heterocycles. The molecule has 0 radical (unpaired) electrons. The average Bonchev–Trinajstić information content (AvgIpc) is 3.36. The molecule has 4 heterocycles. The Labute approximate surface area is 194 Å². The van der Waals surface area contributed by atoms with Crippen LogP contribution in [-0.2, 0) is 9.59 Å². The first-order valence-corrected chi connectivity index (χ1v) is 10.9. The fourth-order valence-corrected chi connectivity index (χ4v) is 5.28. The van der Waals surface area contributed by atoms with Crippen molar-refractivity contribution in [1.29, 1.82) is 0 Å². The number of aliphatic hydroxyl groups is 2. The molecular weight excluding hydrogens is 444 g/mol. The number of hydrogen-bond donors (Lipinski definition) is 6. The highest BCUT2D eigenvalue weighted by Crippen LogP contribution is 2.45. The summed E-state index contributed by atoms with van der Waals surface area (Å²) >= 11 is 0. The molecule has 1 aromatic rings. The first-order chi connectivity index (χ1) is 16.0. The number of benzene rings is 1. The Kier molecular flexibility index (Phi) is 4.81. The summed E-state index contributed by atoms with van der Waals surface area (Å²) < 4.78 is 0. The van der Waals surface area contributed by atoms with Crippen LogP contribution in [0.3, 0.4) is 0 Å². The summed E-state index contributed by atoms with van der Waals surface area (Å²) in [6, 6.07) is 3.80. The molecule has 4 aliphatic rings. The van der Waals surface area contributed by atoms with Gasteiger partial charge in [0.1, 0.15) is 12.1 Å². The molecule has 1 spiro atoms. The number of imide groups is 1. The minimum atomic E-state index is -2.60. The molecule has 1 aromatic carbocycles. The molecule has 5 rings (SSSR count). The molecule has 34 heavy (non-hydrogen) atoms. The predicted molar refractivity (Wildman–Crippen MR) is 119 cm³/mol. The third kappa shape index (κ3) is 3.04. The van der Waals surface area contributed by atoms with E-state index in [-0.39, 0.29) is 49.7 Å². The molecule has 3 amide bonds. The number of carbonyl (C=O) groups is 3. The van der Waals surface area contributed by atoms with E-state index in [4.69, 9.17) is 11.5 Å². The Hall–Kier alpha value is -3.71. The van der Waals surface area contributed by atoms with Gasteiger partial charge in [0.25, 0.3) is 5.91 Å². The highest BCUT2D eigenvalue weighted by atomic mass is 16.5. The summed E-state index contributed by atoms with van der Waals surface area (Å²) in [7, 11) is 0. The molecule has 180 valence electrons. The van der Waals surface area contributed by atoms with Gasteiger partial charge in [0.2, 0.25) is 17.6 Å². The third-order valence-corrected chi connectivity index (χ3v) is 6.91. The Bertz CT molecular complexity index is 1130. The lowest BCUT2D eigenvalue weighted by Gasteiger charge is -2.49. The number of likely N-dealkylation sites (tertiary alicyclic amines) is 1. The van der Waals surface area contributed by atoms with Gasteiger partial charge in [0.15, 0.2) is 17.6 Å². The minimum absolute atomic E-state index is 0.0578. The minimum Gasteiger partial charge on any atom is -0.370 e. The third-order valence-electron chi connectivity index (χ3n) is 6.91. The van der Waals surface area contributed by atoms with E-state index in [9.17, 15) is 24.6 Å². The van der Waals surface area contributed by atoms with E-state index >= 15 is 0 Å². The standard InChI is InChI=1S/C21H26N8O5/c1-10-3-2-4-11(7-10)17(32)25-13-9-29-19(23)24-12(8-28-14(30)5-6-15(28)31)16-20(29,21(13,33)34)27-18(22)26-16/h2-4,7,12-13,16,33-34H,5-6,8-9H2,1H3,(H2,23,24)(H,25,32)(H3,22,26,27)/t12-,13-,16?,20?/m0/s1. The molecule has 13 nitrogen and oxygen atoms in total. The van der Waals surface area contributed by atoms with E-state index in [1.165, 1.54) is 4.90 Å². The number of amides is 3. The highest BCUT2D eigenvalue weighted by Gasteiger charge is 2.73. The lowest BCUT2D eigenvalue weighted by molar-refractivity contribution is -0.230. The second-order valence-corrected chi connectivity index (χ2v) is 9.04. The quantitative estimate of drug-likeness (QED) is 0.195. The topological polar surface area (TPSA) is 199 Å². The van der Waals surface area contributed by atoms with Crippen molar-refractivity contribution in [3.05, 3.63) is 35.4 Å². The number of aliphatic imine (C=N–C) groups is 2. The normalized spacial score (nSPS) is 31.6. The molecule has 0 saturated carbocycles. The molecule has 0 aromatic heterocycles. The van der Waals surface area contributed by atoms with Crippen molar-refractivity contribution in [1.82, 2.24) is 20.4 Å². The molecule has 2 fully saturated rings. The van der Waals surface area contributed by atoms with E-state index in [1.807, 2.05) is 13.0 Å². The van der Waals surface area contributed by atoms with Crippen molar-refractivity contribution in [2.45, 2.75) is 49.3 Å². The molecule has 4 atom stereocenters. The van der Waals surface area contributed by atoms with Crippen LogP contribution in [0.1, 0.15) is 28.8 Å². The first kappa shape index (κ1) is 22.1. The number of hydrogen-bond acceptors (Lipinski definition) is 11. The zero-order valence-electron chi connectivity index (χ0n) is 18.4. The van der Waals surface area contributed by atoms with Gasteiger partial charge in [0.05, 0.1) is 12.6 Å². The average molecular weight is 470 g/mol. The van der Waals surface area contributed by atoms with E-state index in [2.05, 4.69) is 20.6 Å². The summed E-state index contributed by atoms with van der Waals surface area (Å²) in [6.45, 7) is 1.61. The van der Waals surface area contributed by atoms with Gasteiger partial charge in [-0.25, -0.2) is 9.98 Å². The molecule has 0 aliphatic carbocycles. The maximum Gasteiger partial charge on any atom is 0.251 e. The monoisotopic (exact) mass is 470 g/mol. The summed E-state index contributed by atoms with van der Waals surface area (Å²) in [5.41, 5.74) is 11.6. The fourth-order valence-electron chi connectivity index (χ4n) is 5.28. The number of nitrogens with zero attached hydrogens (tertiary/aromatic N) is 4. The number of guanidine groups is 2. The molecule has 13 heteroatoms. The SMILES string of the molecule is Cc1cccc(C(=O)N[C@H]2CN3C(N)=N[C@@H](CN4C(=O)CCC4=O)C4N=C(N)NC43C2(O)O)c1.